The van der Waals surface area contributed by atoms with Crippen molar-refractivity contribution in [3.63, 3.8) is 0 Å². The van der Waals surface area contributed by atoms with Crippen LogP contribution in [0.3, 0.4) is 0 Å². The Morgan fingerprint density at radius 1 is 1.47 bits per heavy atom. The van der Waals surface area contributed by atoms with Crippen molar-refractivity contribution < 1.29 is 19.1 Å². The van der Waals surface area contributed by atoms with Gasteiger partial charge in [-0.2, -0.15) is 0 Å². The molecule has 106 valence electrons. The van der Waals surface area contributed by atoms with Crippen molar-refractivity contribution in [3.8, 4) is 0 Å². The minimum absolute atomic E-state index is 0.175. The zero-order valence-corrected chi connectivity index (χ0v) is 11.6. The summed E-state index contributed by atoms with van der Waals surface area (Å²) in [7, 11) is 1.61. The maximum absolute atomic E-state index is 11.9. The Bertz CT molecular complexity index is 453. The topological polar surface area (TPSA) is 82.8 Å². The highest BCUT2D eigenvalue weighted by molar-refractivity contribution is 5.82. The van der Waals surface area contributed by atoms with Crippen LogP contribution in [0.1, 0.15) is 25.2 Å². The van der Waals surface area contributed by atoms with E-state index in [0.717, 1.165) is 11.3 Å². The van der Waals surface area contributed by atoms with E-state index in [2.05, 4.69) is 5.32 Å². The second-order valence-electron chi connectivity index (χ2n) is 4.87. The lowest BCUT2D eigenvalue weighted by molar-refractivity contribution is -0.140. The zero-order chi connectivity index (χ0) is 14.6. The molecule has 6 heteroatoms. The van der Waals surface area contributed by atoms with E-state index >= 15 is 0 Å². The lowest BCUT2D eigenvalue weighted by Gasteiger charge is -2.23. The molecule has 0 radical (unpaired) electrons. The average Bonchev–Trinajstić information content (AvgIpc) is 2.70. The van der Waals surface area contributed by atoms with Crippen LogP contribution < -0.4 is 5.32 Å². The molecule has 0 bridgehead atoms. The highest BCUT2D eigenvalue weighted by Gasteiger charge is 2.25. The molecule has 1 atom stereocenters. The third kappa shape index (κ3) is 4.01. The van der Waals surface area contributed by atoms with E-state index in [1.807, 2.05) is 6.92 Å². The number of rotatable bonds is 5. The first kappa shape index (κ1) is 15.1. The average molecular weight is 268 g/mol. The van der Waals surface area contributed by atoms with Gasteiger partial charge in [-0.1, -0.05) is 13.8 Å². The van der Waals surface area contributed by atoms with Crippen molar-refractivity contribution in [1.29, 1.82) is 0 Å². The fourth-order valence-corrected chi connectivity index (χ4v) is 1.66. The summed E-state index contributed by atoms with van der Waals surface area (Å²) in [5, 5.41) is 11.5. The summed E-state index contributed by atoms with van der Waals surface area (Å²) in [6.45, 7) is 5.69. The third-order valence-electron chi connectivity index (χ3n) is 2.93. The SMILES string of the molecule is Cc1occc1CN(C)C(=O)N[C@H](C(=O)O)C(C)C. The molecule has 0 unspecified atom stereocenters. The number of furan rings is 1. The van der Waals surface area contributed by atoms with Gasteiger partial charge in [-0.25, -0.2) is 9.59 Å². The number of aryl methyl sites for hydroxylation is 1. The van der Waals surface area contributed by atoms with Crippen molar-refractivity contribution in [2.45, 2.75) is 33.4 Å². The maximum atomic E-state index is 11.9. The van der Waals surface area contributed by atoms with E-state index in [4.69, 9.17) is 9.52 Å². The Balaban J connectivity index is 2.62. The van der Waals surface area contributed by atoms with Crippen molar-refractivity contribution in [3.05, 3.63) is 23.7 Å². The molecule has 2 N–H and O–H groups in total. The molecule has 19 heavy (non-hydrogen) atoms. The Kier molecular flexibility index (Phi) is 4.97. The second kappa shape index (κ2) is 6.26. The Hall–Kier alpha value is -1.98. The summed E-state index contributed by atoms with van der Waals surface area (Å²) in [5.41, 5.74) is 0.897. The van der Waals surface area contributed by atoms with Gasteiger partial charge in [-0.3, -0.25) is 0 Å². The summed E-state index contributed by atoms with van der Waals surface area (Å²) in [5.74, 6) is -0.458. The first-order chi connectivity index (χ1) is 8.82. The first-order valence-corrected chi connectivity index (χ1v) is 6.10. The fourth-order valence-electron chi connectivity index (χ4n) is 1.66. The number of carbonyl (C=O) groups is 2. The number of carboxylic acid groups (broad SMARTS) is 1. The minimum atomic E-state index is -1.03. The van der Waals surface area contributed by atoms with E-state index in [1.165, 1.54) is 4.90 Å². The molecule has 1 aromatic rings. The van der Waals surface area contributed by atoms with Crippen LogP contribution >= 0.6 is 0 Å². The van der Waals surface area contributed by atoms with Crippen LogP contribution in [0.5, 0.6) is 0 Å². The summed E-state index contributed by atoms with van der Waals surface area (Å²) < 4.78 is 5.15. The normalized spacial score (nSPS) is 12.3. The number of amides is 2. The molecular weight excluding hydrogens is 248 g/mol. The van der Waals surface area contributed by atoms with E-state index in [1.54, 1.807) is 33.2 Å². The number of nitrogens with one attached hydrogen (secondary N) is 1. The number of hydrogen-bond acceptors (Lipinski definition) is 3. The Labute approximate surface area is 112 Å². The molecule has 6 nitrogen and oxygen atoms in total. The number of carboxylic acids is 1. The highest BCUT2D eigenvalue weighted by Crippen LogP contribution is 2.11. The highest BCUT2D eigenvalue weighted by atomic mass is 16.4. The standard InChI is InChI=1S/C13H20N2O4/c1-8(2)11(12(16)17)14-13(18)15(4)7-10-5-6-19-9(10)3/h5-6,8,11H,7H2,1-4H3,(H,14,18)(H,16,17)/t11-/m0/s1. The maximum Gasteiger partial charge on any atom is 0.326 e. The first-order valence-electron chi connectivity index (χ1n) is 6.10. The largest absolute Gasteiger partial charge is 0.480 e. The van der Waals surface area contributed by atoms with Crippen LogP contribution in [-0.4, -0.2) is 35.1 Å². The van der Waals surface area contributed by atoms with Crippen molar-refractivity contribution in [2.75, 3.05) is 7.05 Å². The van der Waals surface area contributed by atoms with Gasteiger partial charge in [-0.15, -0.1) is 0 Å². The predicted molar refractivity (Wildman–Crippen MR) is 69.7 cm³/mol. The van der Waals surface area contributed by atoms with Gasteiger partial charge >= 0.3 is 12.0 Å². The third-order valence-corrected chi connectivity index (χ3v) is 2.93. The second-order valence-corrected chi connectivity index (χ2v) is 4.87. The molecule has 0 aliphatic heterocycles. The molecule has 0 fully saturated rings. The van der Waals surface area contributed by atoms with E-state index in [0.29, 0.717) is 6.54 Å². The van der Waals surface area contributed by atoms with Gasteiger partial charge in [0.15, 0.2) is 0 Å². The van der Waals surface area contributed by atoms with E-state index < -0.39 is 18.0 Å². The Morgan fingerprint density at radius 2 is 2.11 bits per heavy atom. The van der Waals surface area contributed by atoms with Gasteiger partial charge in [0, 0.05) is 12.6 Å². The van der Waals surface area contributed by atoms with Gasteiger partial charge in [0.25, 0.3) is 0 Å². The van der Waals surface area contributed by atoms with Gasteiger partial charge in [0.05, 0.1) is 12.8 Å². The van der Waals surface area contributed by atoms with Crippen LogP contribution in [0.15, 0.2) is 16.7 Å². The molecular formula is C13H20N2O4. The number of carbonyl (C=O) groups excluding carboxylic acids is 1. The summed E-state index contributed by atoms with van der Waals surface area (Å²) >= 11 is 0. The summed E-state index contributed by atoms with van der Waals surface area (Å²) in [4.78, 5) is 24.4. The molecule has 0 aliphatic carbocycles. The number of nitrogens with zero attached hydrogens (tertiary/aromatic N) is 1. The molecule has 0 saturated carbocycles. The van der Waals surface area contributed by atoms with Crippen LogP contribution in [-0.2, 0) is 11.3 Å². The molecule has 0 saturated heterocycles. The van der Waals surface area contributed by atoms with Gasteiger partial charge in [0.2, 0.25) is 0 Å². The molecule has 0 spiro atoms. The fraction of sp³-hybridized carbons (Fsp3) is 0.538. The number of aliphatic carboxylic acids is 1. The van der Waals surface area contributed by atoms with Crippen LogP contribution in [0, 0.1) is 12.8 Å². The molecule has 0 aliphatic rings. The predicted octanol–water partition coefficient (Wildman–Crippen LogP) is 1.84. The van der Waals surface area contributed by atoms with E-state index in [9.17, 15) is 9.59 Å². The summed E-state index contributed by atoms with van der Waals surface area (Å²) in [6, 6.07) is 0.484. The molecule has 2 amide bonds. The molecule has 1 heterocycles. The van der Waals surface area contributed by atoms with Crippen molar-refractivity contribution in [2.24, 2.45) is 5.92 Å². The molecule has 0 aromatic carbocycles. The van der Waals surface area contributed by atoms with Gasteiger partial charge in [-0.05, 0) is 18.9 Å². The zero-order valence-electron chi connectivity index (χ0n) is 11.6. The molecule has 1 rings (SSSR count). The van der Waals surface area contributed by atoms with Gasteiger partial charge in [0.1, 0.15) is 11.8 Å². The van der Waals surface area contributed by atoms with Gasteiger partial charge < -0.3 is 19.7 Å². The smallest absolute Gasteiger partial charge is 0.326 e. The molecule has 1 aromatic heterocycles. The van der Waals surface area contributed by atoms with E-state index in [-0.39, 0.29) is 5.92 Å². The summed E-state index contributed by atoms with van der Waals surface area (Å²) in [6.07, 6.45) is 1.56. The Morgan fingerprint density at radius 3 is 2.53 bits per heavy atom. The lowest BCUT2D eigenvalue weighted by Crippen LogP contribution is -2.48. The van der Waals surface area contributed by atoms with Crippen LogP contribution in [0.2, 0.25) is 0 Å². The number of hydrogen-bond donors (Lipinski definition) is 2. The number of urea groups is 1. The quantitative estimate of drug-likeness (QED) is 0.853. The lowest BCUT2D eigenvalue weighted by atomic mass is 10.1. The van der Waals surface area contributed by atoms with Crippen molar-refractivity contribution in [1.82, 2.24) is 10.2 Å². The van der Waals surface area contributed by atoms with Crippen LogP contribution in [0.4, 0.5) is 4.79 Å². The van der Waals surface area contributed by atoms with Crippen LogP contribution in [0.25, 0.3) is 0 Å². The van der Waals surface area contributed by atoms with Crippen molar-refractivity contribution >= 4 is 12.0 Å². The minimum Gasteiger partial charge on any atom is -0.480 e. The monoisotopic (exact) mass is 268 g/mol.